The molecule has 0 aliphatic rings. The largest absolute Gasteiger partial charge is 0.382 e. The van der Waals surface area contributed by atoms with E-state index in [0.717, 1.165) is 24.2 Å². The van der Waals surface area contributed by atoms with Crippen LogP contribution in [0.25, 0.3) is 11.2 Å². The van der Waals surface area contributed by atoms with Crippen molar-refractivity contribution in [3.63, 3.8) is 0 Å². The molecule has 0 bridgehead atoms. The Morgan fingerprint density at radius 3 is 2.94 bits per heavy atom. The highest BCUT2D eigenvalue weighted by atomic mass is 15.0. The fraction of sp³-hybridized carbons (Fsp3) is 0.545. The number of aromatic nitrogens is 4. The lowest BCUT2D eigenvalue weighted by molar-refractivity contribution is 0.654. The Hall–Kier alpha value is -1.65. The molecule has 0 unspecified atom stereocenters. The van der Waals surface area contributed by atoms with Gasteiger partial charge in [-0.2, -0.15) is 0 Å². The van der Waals surface area contributed by atoms with Crippen molar-refractivity contribution >= 4 is 17.0 Å². The summed E-state index contributed by atoms with van der Waals surface area (Å²) in [7, 11) is 0. The Morgan fingerprint density at radius 2 is 2.12 bits per heavy atom. The molecule has 2 aromatic rings. The van der Waals surface area contributed by atoms with E-state index in [0.29, 0.717) is 11.5 Å². The Balaban J connectivity index is 2.06. The van der Waals surface area contributed by atoms with Gasteiger partial charge < -0.3 is 10.7 Å². The molecule has 86 valence electrons. The van der Waals surface area contributed by atoms with E-state index in [1.807, 2.05) is 0 Å². The van der Waals surface area contributed by atoms with Crippen LogP contribution in [0.2, 0.25) is 0 Å². The van der Waals surface area contributed by atoms with Gasteiger partial charge >= 0.3 is 0 Å². The first-order chi connectivity index (χ1) is 7.81. The second-order valence-corrected chi connectivity index (χ2v) is 3.94. The standard InChI is InChI=1S/C11H17N5/c1-2-3-4-5-6-8-15-10(12)9-11(16-8)14-7-13-9/h7H,2-6H2,1H3,(H3,12,13,14,15,16). The highest BCUT2D eigenvalue weighted by Gasteiger charge is 2.06. The molecule has 2 heterocycles. The third kappa shape index (κ3) is 2.29. The number of unbranched alkanes of at least 4 members (excludes halogenated alkanes) is 3. The number of hydrogen-bond acceptors (Lipinski definition) is 4. The lowest BCUT2D eigenvalue weighted by Crippen LogP contribution is -2.01. The highest BCUT2D eigenvalue weighted by Crippen LogP contribution is 2.14. The third-order valence-electron chi connectivity index (χ3n) is 2.61. The molecule has 0 fully saturated rings. The third-order valence-corrected chi connectivity index (χ3v) is 2.61. The molecule has 3 N–H and O–H groups in total. The van der Waals surface area contributed by atoms with Crippen LogP contribution in [0.5, 0.6) is 0 Å². The van der Waals surface area contributed by atoms with Crippen LogP contribution >= 0.6 is 0 Å². The van der Waals surface area contributed by atoms with E-state index >= 15 is 0 Å². The van der Waals surface area contributed by atoms with Crippen LogP contribution in [0.1, 0.15) is 38.4 Å². The number of nitrogen functional groups attached to an aromatic ring is 1. The maximum atomic E-state index is 5.81. The van der Waals surface area contributed by atoms with Gasteiger partial charge in [-0.15, -0.1) is 0 Å². The van der Waals surface area contributed by atoms with Crippen LogP contribution in [-0.2, 0) is 6.42 Å². The Labute approximate surface area is 94.5 Å². The van der Waals surface area contributed by atoms with Gasteiger partial charge in [0.05, 0.1) is 6.33 Å². The normalized spacial score (nSPS) is 11.1. The first-order valence-electron chi connectivity index (χ1n) is 5.76. The van der Waals surface area contributed by atoms with Gasteiger partial charge in [-0.3, -0.25) is 0 Å². The summed E-state index contributed by atoms with van der Waals surface area (Å²) >= 11 is 0. The monoisotopic (exact) mass is 219 g/mol. The van der Waals surface area contributed by atoms with Crippen molar-refractivity contribution in [1.82, 2.24) is 19.9 Å². The average Bonchev–Trinajstić information content (AvgIpc) is 2.73. The molecule has 0 amide bonds. The van der Waals surface area contributed by atoms with E-state index in [4.69, 9.17) is 5.73 Å². The SMILES string of the molecule is CCCCCCc1nc(N)c2[nH]cnc2n1. The molecule has 0 saturated carbocycles. The number of fused-ring (bicyclic) bond motifs is 1. The molecule has 0 aliphatic heterocycles. The Kier molecular flexibility index (Phi) is 3.34. The highest BCUT2D eigenvalue weighted by molar-refractivity contribution is 5.80. The second kappa shape index (κ2) is 4.92. The molecule has 5 nitrogen and oxygen atoms in total. The zero-order valence-electron chi connectivity index (χ0n) is 9.53. The summed E-state index contributed by atoms with van der Waals surface area (Å²) in [6.45, 7) is 2.20. The number of nitrogens with zero attached hydrogens (tertiary/aromatic N) is 3. The van der Waals surface area contributed by atoms with Crippen LogP contribution in [0.3, 0.4) is 0 Å². The number of nitrogens with one attached hydrogen (secondary N) is 1. The lowest BCUT2D eigenvalue weighted by atomic mass is 10.1. The molecule has 0 radical (unpaired) electrons. The van der Waals surface area contributed by atoms with Crippen molar-refractivity contribution in [2.75, 3.05) is 5.73 Å². The van der Waals surface area contributed by atoms with Crippen LogP contribution in [0.15, 0.2) is 6.33 Å². The molecular formula is C11H17N5. The van der Waals surface area contributed by atoms with E-state index < -0.39 is 0 Å². The molecule has 16 heavy (non-hydrogen) atoms. The first-order valence-corrected chi connectivity index (χ1v) is 5.76. The second-order valence-electron chi connectivity index (χ2n) is 3.94. The summed E-state index contributed by atoms with van der Waals surface area (Å²) in [5.74, 6) is 1.29. The fourth-order valence-corrected chi connectivity index (χ4v) is 1.72. The van der Waals surface area contributed by atoms with Crippen LogP contribution in [0, 0.1) is 0 Å². The van der Waals surface area contributed by atoms with E-state index in [9.17, 15) is 0 Å². The maximum absolute atomic E-state index is 5.81. The number of imidazole rings is 1. The minimum atomic E-state index is 0.494. The van der Waals surface area contributed by atoms with Crippen molar-refractivity contribution < 1.29 is 0 Å². The minimum Gasteiger partial charge on any atom is -0.382 e. The van der Waals surface area contributed by atoms with E-state index in [1.165, 1.54) is 19.3 Å². The summed E-state index contributed by atoms with van der Waals surface area (Å²) in [6.07, 6.45) is 7.31. The quantitative estimate of drug-likeness (QED) is 0.754. The molecule has 0 atom stereocenters. The average molecular weight is 219 g/mol. The van der Waals surface area contributed by atoms with Crippen LogP contribution in [0.4, 0.5) is 5.82 Å². The van der Waals surface area contributed by atoms with Gasteiger partial charge in [0.2, 0.25) is 0 Å². The molecule has 0 spiro atoms. The fourth-order valence-electron chi connectivity index (χ4n) is 1.72. The topological polar surface area (TPSA) is 80.5 Å². The zero-order valence-corrected chi connectivity index (χ0v) is 9.53. The Morgan fingerprint density at radius 1 is 1.25 bits per heavy atom. The molecular weight excluding hydrogens is 202 g/mol. The molecule has 0 saturated heterocycles. The maximum Gasteiger partial charge on any atom is 0.183 e. The van der Waals surface area contributed by atoms with Gasteiger partial charge in [-0.25, -0.2) is 15.0 Å². The van der Waals surface area contributed by atoms with Crippen molar-refractivity contribution in [2.24, 2.45) is 0 Å². The van der Waals surface area contributed by atoms with Crippen LogP contribution in [-0.4, -0.2) is 19.9 Å². The van der Waals surface area contributed by atoms with E-state index in [2.05, 4.69) is 26.9 Å². The number of hydrogen-bond donors (Lipinski definition) is 2. The van der Waals surface area contributed by atoms with Gasteiger partial charge in [0.1, 0.15) is 11.3 Å². The van der Waals surface area contributed by atoms with Crippen molar-refractivity contribution in [3.05, 3.63) is 12.2 Å². The Bertz CT molecular complexity index is 462. The first kappa shape index (κ1) is 10.9. The van der Waals surface area contributed by atoms with Gasteiger partial charge in [0.15, 0.2) is 11.5 Å². The summed E-state index contributed by atoms with van der Waals surface area (Å²) in [5.41, 5.74) is 7.21. The smallest absolute Gasteiger partial charge is 0.183 e. The number of aromatic amines is 1. The molecule has 0 aromatic carbocycles. The van der Waals surface area contributed by atoms with Gasteiger partial charge in [0.25, 0.3) is 0 Å². The molecule has 0 aliphatic carbocycles. The number of H-pyrrole nitrogens is 1. The number of anilines is 1. The summed E-state index contributed by atoms with van der Waals surface area (Å²) < 4.78 is 0. The number of aryl methyl sites for hydroxylation is 1. The zero-order chi connectivity index (χ0) is 11.4. The predicted octanol–water partition coefficient (Wildman–Crippen LogP) is 2.06. The van der Waals surface area contributed by atoms with Gasteiger partial charge in [-0.1, -0.05) is 26.2 Å². The van der Waals surface area contributed by atoms with Gasteiger partial charge in [0, 0.05) is 6.42 Å². The summed E-state index contributed by atoms with van der Waals surface area (Å²) in [4.78, 5) is 15.7. The van der Waals surface area contributed by atoms with Crippen molar-refractivity contribution in [3.8, 4) is 0 Å². The summed E-state index contributed by atoms with van der Waals surface area (Å²) in [5, 5.41) is 0. The van der Waals surface area contributed by atoms with Crippen molar-refractivity contribution in [2.45, 2.75) is 39.0 Å². The van der Waals surface area contributed by atoms with Crippen LogP contribution < -0.4 is 5.73 Å². The molecule has 2 aromatic heterocycles. The minimum absolute atomic E-state index is 0.494. The van der Waals surface area contributed by atoms with Crippen molar-refractivity contribution in [1.29, 1.82) is 0 Å². The van der Waals surface area contributed by atoms with E-state index in [1.54, 1.807) is 6.33 Å². The molecule has 5 heteroatoms. The van der Waals surface area contributed by atoms with Gasteiger partial charge in [-0.05, 0) is 6.42 Å². The predicted molar refractivity (Wildman–Crippen MR) is 63.9 cm³/mol. The summed E-state index contributed by atoms with van der Waals surface area (Å²) in [6, 6.07) is 0. The number of nitrogens with two attached hydrogens (primary N) is 1. The number of rotatable bonds is 5. The lowest BCUT2D eigenvalue weighted by Gasteiger charge is -2.01. The van der Waals surface area contributed by atoms with E-state index in [-0.39, 0.29) is 0 Å². The molecule has 2 rings (SSSR count).